The van der Waals surface area contributed by atoms with E-state index in [0.29, 0.717) is 17.8 Å². The molecule has 9 heteroatoms. The van der Waals surface area contributed by atoms with Crippen molar-refractivity contribution in [1.29, 1.82) is 0 Å². The summed E-state index contributed by atoms with van der Waals surface area (Å²) in [5.41, 5.74) is 2.88. The van der Waals surface area contributed by atoms with Crippen LogP contribution in [0.1, 0.15) is 12.8 Å². The molecule has 0 radical (unpaired) electrons. The minimum Gasteiger partial charge on any atom is -0.373 e. The van der Waals surface area contributed by atoms with Gasteiger partial charge in [-0.1, -0.05) is 0 Å². The quantitative estimate of drug-likeness (QED) is 0.265. The molecule has 106 valence electrons. The first-order chi connectivity index (χ1) is 9.49. The predicted octanol–water partition coefficient (Wildman–Crippen LogP) is 0.0975. The molecule has 1 aliphatic rings. The average Bonchev–Trinajstić information content (AvgIpc) is 2.41. The number of non-ortho nitro benzene ring substituents is 1. The van der Waals surface area contributed by atoms with Crippen molar-refractivity contribution in [2.75, 3.05) is 10.7 Å². The lowest BCUT2D eigenvalue weighted by atomic mass is 10.1. The molecule has 1 saturated heterocycles. The Hall–Kier alpha value is -2.68. The fraction of sp³-hybridized carbons (Fsp3) is 0.273. The molecule has 1 unspecified atom stereocenters. The normalized spacial score (nSPS) is 18.4. The van der Waals surface area contributed by atoms with Crippen molar-refractivity contribution in [2.45, 2.75) is 18.9 Å². The fourth-order valence-electron chi connectivity index (χ4n) is 1.92. The highest BCUT2D eigenvalue weighted by Crippen LogP contribution is 2.25. The molecule has 9 nitrogen and oxygen atoms in total. The van der Waals surface area contributed by atoms with Gasteiger partial charge in [-0.15, -0.1) is 0 Å². The lowest BCUT2D eigenvalue weighted by molar-refractivity contribution is -0.384. The van der Waals surface area contributed by atoms with Gasteiger partial charge >= 0.3 is 0 Å². The van der Waals surface area contributed by atoms with Gasteiger partial charge < -0.3 is 10.7 Å². The van der Waals surface area contributed by atoms with Crippen molar-refractivity contribution in [2.24, 2.45) is 5.84 Å². The molecule has 0 saturated carbocycles. The number of imide groups is 1. The molecule has 0 spiro atoms. The molecule has 1 fully saturated rings. The average molecular weight is 279 g/mol. The summed E-state index contributed by atoms with van der Waals surface area (Å²) in [6.07, 6.45) is 0.555. The third-order valence-corrected chi connectivity index (χ3v) is 2.88. The SMILES string of the molecule is NNc1cc(NC2CCC(=O)NC2=O)cc([N+](=O)[O-])c1. The maximum absolute atomic E-state index is 11.6. The lowest BCUT2D eigenvalue weighted by Gasteiger charge is -2.22. The van der Waals surface area contributed by atoms with E-state index in [2.05, 4.69) is 16.1 Å². The number of nitrogens with zero attached hydrogens (tertiary/aromatic N) is 1. The number of carbonyl (C=O) groups is 2. The first kappa shape index (κ1) is 13.7. The molecule has 1 aliphatic heterocycles. The van der Waals surface area contributed by atoms with E-state index < -0.39 is 16.9 Å². The van der Waals surface area contributed by atoms with Gasteiger partial charge in [0.1, 0.15) is 6.04 Å². The smallest absolute Gasteiger partial charge is 0.273 e. The summed E-state index contributed by atoms with van der Waals surface area (Å²) < 4.78 is 0. The summed E-state index contributed by atoms with van der Waals surface area (Å²) >= 11 is 0. The number of carbonyl (C=O) groups excluding carboxylic acids is 2. The molecule has 1 aromatic rings. The van der Waals surface area contributed by atoms with Crippen molar-refractivity contribution in [1.82, 2.24) is 5.32 Å². The summed E-state index contributed by atoms with van der Waals surface area (Å²) in [6.45, 7) is 0. The second kappa shape index (κ2) is 5.53. The maximum atomic E-state index is 11.6. The zero-order chi connectivity index (χ0) is 14.7. The standard InChI is InChI=1S/C11H13N5O4/c12-15-7-3-6(4-8(5-7)16(19)20)13-9-1-2-10(17)14-11(9)18/h3-5,9,13,15H,1-2,12H2,(H,14,17,18). The highest BCUT2D eigenvalue weighted by molar-refractivity contribution is 6.01. The summed E-state index contributed by atoms with van der Waals surface area (Å²) in [7, 11) is 0. The molecule has 1 aromatic carbocycles. The molecule has 1 heterocycles. The number of hydrazine groups is 1. The Labute approximate surface area is 113 Å². The Morgan fingerprint density at radius 1 is 1.30 bits per heavy atom. The van der Waals surface area contributed by atoms with E-state index in [1.54, 1.807) is 0 Å². The molecule has 2 amide bonds. The number of hydrogen-bond acceptors (Lipinski definition) is 7. The van der Waals surface area contributed by atoms with Gasteiger partial charge in [-0.05, 0) is 12.5 Å². The van der Waals surface area contributed by atoms with E-state index in [1.165, 1.54) is 18.2 Å². The van der Waals surface area contributed by atoms with Crippen LogP contribution in [0.15, 0.2) is 18.2 Å². The van der Waals surface area contributed by atoms with Crippen molar-refractivity contribution >= 4 is 28.9 Å². The zero-order valence-electron chi connectivity index (χ0n) is 10.4. The number of nitrogen functional groups attached to an aromatic ring is 1. The van der Waals surface area contributed by atoms with Gasteiger partial charge in [0, 0.05) is 24.2 Å². The Kier molecular flexibility index (Phi) is 3.80. The first-order valence-electron chi connectivity index (χ1n) is 5.86. The first-order valence-corrected chi connectivity index (χ1v) is 5.86. The van der Waals surface area contributed by atoms with Crippen molar-refractivity contribution in [3.05, 3.63) is 28.3 Å². The molecule has 2 rings (SSSR count). The molecule has 20 heavy (non-hydrogen) atoms. The summed E-state index contributed by atoms with van der Waals surface area (Å²) in [5, 5.41) is 15.9. The highest BCUT2D eigenvalue weighted by Gasteiger charge is 2.26. The molecular weight excluding hydrogens is 266 g/mol. The minimum atomic E-state index is -0.611. The third kappa shape index (κ3) is 3.01. The molecule has 0 bridgehead atoms. The van der Waals surface area contributed by atoms with Gasteiger partial charge in [0.05, 0.1) is 10.6 Å². The number of benzene rings is 1. The molecule has 1 atom stereocenters. The molecule has 0 aliphatic carbocycles. The predicted molar refractivity (Wildman–Crippen MR) is 70.7 cm³/mol. The number of piperidine rings is 1. The number of nitro groups is 1. The van der Waals surface area contributed by atoms with Crippen LogP contribution in [0.25, 0.3) is 0 Å². The van der Waals surface area contributed by atoms with Crippen molar-refractivity contribution in [3.8, 4) is 0 Å². The van der Waals surface area contributed by atoms with Gasteiger partial charge in [-0.2, -0.15) is 0 Å². The Morgan fingerprint density at radius 2 is 2.00 bits per heavy atom. The molecule has 0 aromatic heterocycles. The van der Waals surface area contributed by atoms with E-state index >= 15 is 0 Å². The monoisotopic (exact) mass is 279 g/mol. The van der Waals surface area contributed by atoms with Crippen LogP contribution in [0.5, 0.6) is 0 Å². The van der Waals surface area contributed by atoms with Crippen molar-refractivity contribution < 1.29 is 14.5 Å². The highest BCUT2D eigenvalue weighted by atomic mass is 16.6. The minimum absolute atomic E-state index is 0.157. The van der Waals surface area contributed by atoms with Crippen LogP contribution in [-0.2, 0) is 9.59 Å². The van der Waals surface area contributed by atoms with Crippen LogP contribution in [0.4, 0.5) is 17.1 Å². The Morgan fingerprint density at radius 3 is 2.60 bits per heavy atom. The van der Waals surface area contributed by atoms with Crippen LogP contribution >= 0.6 is 0 Å². The fourth-order valence-corrected chi connectivity index (χ4v) is 1.92. The summed E-state index contributed by atoms with van der Waals surface area (Å²) in [5.74, 6) is 4.47. The van der Waals surface area contributed by atoms with Crippen molar-refractivity contribution in [3.63, 3.8) is 0 Å². The number of nitro benzene ring substituents is 1. The number of hydrogen-bond donors (Lipinski definition) is 4. The van der Waals surface area contributed by atoms with Crippen LogP contribution in [0, 0.1) is 10.1 Å². The Balaban J connectivity index is 2.20. The van der Waals surface area contributed by atoms with Gasteiger partial charge in [0.15, 0.2) is 0 Å². The number of amides is 2. The third-order valence-electron chi connectivity index (χ3n) is 2.88. The number of anilines is 2. The van der Waals surface area contributed by atoms with Gasteiger partial charge in [0.2, 0.25) is 11.8 Å². The van der Waals surface area contributed by atoms with Crippen LogP contribution in [0.3, 0.4) is 0 Å². The van der Waals surface area contributed by atoms with E-state index in [0.717, 1.165) is 0 Å². The number of nitrogens with two attached hydrogens (primary N) is 1. The summed E-state index contributed by atoms with van der Waals surface area (Å²) in [4.78, 5) is 32.9. The van der Waals surface area contributed by atoms with E-state index in [9.17, 15) is 19.7 Å². The van der Waals surface area contributed by atoms with E-state index in [1.807, 2.05) is 0 Å². The zero-order valence-corrected chi connectivity index (χ0v) is 10.4. The Bertz CT molecular complexity index is 574. The second-order valence-electron chi connectivity index (χ2n) is 4.32. The maximum Gasteiger partial charge on any atom is 0.273 e. The topological polar surface area (TPSA) is 139 Å². The van der Waals surface area contributed by atoms with Crippen LogP contribution < -0.4 is 21.9 Å². The van der Waals surface area contributed by atoms with Gasteiger partial charge in [-0.3, -0.25) is 30.9 Å². The van der Waals surface area contributed by atoms with Gasteiger partial charge in [-0.25, -0.2) is 0 Å². The number of nitrogens with one attached hydrogen (secondary N) is 3. The lowest BCUT2D eigenvalue weighted by Crippen LogP contribution is -2.47. The molecule has 5 N–H and O–H groups in total. The van der Waals surface area contributed by atoms with Gasteiger partial charge in [0.25, 0.3) is 5.69 Å². The van der Waals surface area contributed by atoms with Crippen LogP contribution in [0.2, 0.25) is 0 Å². The second-order valence-corrected chi connectivity index (χ2v) is 4.32. The van der Waals surface area contributed by atoms with E-state index in [-0.39, 0.29) is 18.0 Å². The summed E-state index contributed by atoms with van der Waals surface area (Å²) in [6, 6.07) is 3.50. The number of rotatable bonds is 4. The molecular formula is C11H13N5O4. The largest absolute Gasteiger partial charge is 0.373 e. The van der Waals surface area contributed by atoms with E-state index in [4.69, 9.17) is 5.84 Å². The van der Waals surface area contributed by atoms with Crippen LogP contribution in [-0.4, -0.2) is 22.8 Å².